The van der Waals surface area contributed by atoms with Crippen LogP contribution in [-0.4, -0.2) is 49.6 Å². The lowest BCUT2D eigenvalue weighted by molar-refractivity contribution is 0.240. The Balaban J connectivity index is 1.52. The Labute approximate surface area is 175 Å². The van der Waals surface area contributed by atoms with Gasteiger partial charge in [0.2, 0.25) is 0 Å². The quantitative estimate of drug-likeness (QED) is 0.465. The molecule has 7 nitrogen and oxygen atoms in total. The fourth-order valence-electron chi connectivity index (χ4n) is 3.75. The number of nitrogens with zero attached hydrogens (tertiary/aromatic N) is 4. The highest BCUT2D eigenvalue weighted by Crippen LogP contribution is 2.28. The van der Waals surface area contributed by atoms with Gasteiger partial charge in [-0.1, -0.05) is 0 Å². The van der Waals surface area contributed by atoms with Crippen molar-refractivity contribution in [3.8, 4) is 22.8 Å². The molecule has 0 bridgehead atoms. The fourth-order valence-corrected chi connectivity index (χ4v) is 3.75. The zero-order valence-electron chi connectivity index (χ0n) is 16.7. The standard InChI is InChI=1S/C21H20F3N7/c1-11-8-27-20(28-11)12-3-5-31-17(10-26-18(31)6-12)19-14(23)7-15(24)21(30-19)29-16-9-25-4-2-13(16)22/h3,5-8,10,13,16,25H,2,4,9H2,1H3,(H,27,28)(H,29,30)/t13-,16-/m0/s1. The minimum atomic E-state index is -1.14. The zero-order valence-corrected chi connectivity index (χ0v) is 16.7. The Kier molecular flexibility index (Phi) is 4.85. The van der Waals surface area contributed by atoms with Crippen LogP contribution in [0.25, 0.3) is 28.4 Å². The first-order valence-electron chi connectivity index (χ1n) is 9.96. The van der Waals surface area contributed by atoms with Crippen LogP contribution >= 0.6 is 0 Å². The number of alkyl halides is 1. The number of aromatic nitrogens is 5. The summed E-state index contributed by atoms with van der Waals surface area (Å²) in [7, 11) is 0. The molecule has 31 heavy (non-hydrogen) atoms. The number of halogens is 3. The summed E-state index contributed by atoms with van der Waals surface area (Å²) in [5.74, 6) is -1.19. The number of imidazole rings is 2. The highest BCUT2D eigenvalue weighted by atomic mass is 19.1. The Morgan fingerprint density at radius 3 is 2.81 bits per heavy atom. The van der Waals surface area contributed by atoms with E-state index in [2.05, 4.69) is 30.6 Å². The van der Waals surface area contributed by atoms with Crippen molar-refractivity contribution < 1.29 is 13.2 Å². The molecule has 1 aliphatic heterocycles. The van der Waals surface area contributed by atoms with Crippen LogP contribution in [0.3, 0.4) is 0 Å². The van der Waals surface area contributed by atoms with E-state index in [1.165, 1.54) is 6.20 Å². The third kappa shape index (κ3) is 3.63. The Morgan fingerprint density at radius 1 is 1.16 bits per heavy atom. The van der Waals surface area contributed by atoms with Crippen LogP contribution in [0.1, 0.15) is 12.1 Å². The average molecular weight is 427 g/mol. The smallest absolute Gasteiger partial charge is 0.168 e. The zero-order chi connectivity index (χ0) is 21.5. The summed E-state index contributed by atoms with van der Waals surface area (Å²) in [5.41, 5.74) is 2.60. The van der Waals surface area contributed by atoms with Gasteiger partial charge in [0, 0.05) is 36.3 Å². The molecule has 1 saturated heterocycles. The van der Waals surface area contributed by atoms with E-state index in [1.54, 1.807) is 16.8 Å². The van der Waals surface area contributed by atoms with E-state index in [0.717, 1.165) is 17.3 Å². The molecule has 0 spiro atoms. The van der Waals surface area contributed by atoms with Gasteiger partial charge in [0.1, 0.15) is 23.3 Å². The van der Waals surface area contributed by atoms with Crippen molar-refractivity contribution in [3.05, 3.63) is 54.1 Å². The number of aromatic amines is 1. The number of anilines is 1. The molecule has 0 aromatic carbocycles. The van der Waals surface area contributed by atoms with Gasteiger partial charge in [-0.25, -0.2) is 28.1 Å². The number of hydrogen-bond acceptors (Lipinski definition) is 5. The van der Waals surface area contributed by atoms with Crippen LogP contribution in [0, 0.1) is 18.6 Å². The predicted octanol–water partition coefficient (Wildman–Crippen LogP) is 3.48. The molecule has 4 aromatic heterocycles. The molecule has 0 saturated carbocycles. The molecule has 0 amide bonds. The monoisotopic (exact) mass is 427 g/mol. The number of H-pyrrole nitrogens is 1. The summed E-state index contributed by atoms with van der Waals surface area (Å²) in [5, 5.41) is 5.83. The molecule has 0 unspecified atom stereocenters. The molecule has 10 heteroatoms. The van der Waals surface area contributed by atoms with Gasteiger partial charge in [-0.15, -0.1) is 0 Å². The maximum absolute atomic E-state index is 14.7. The van der Waals surface area contributed by atoms with E-state index in [9.17, 15) is 13.2 Å². The van der Waals surface area contributed by atoms with E-state index in [-0.39, 0.29) is 11.5 Å². The molecule has 1 aliphatic rings. The minimum absolute atomic E-state index is 0.0721. The number of nitrogens with one attached hydrogen (secondary N) is 3. The predicted molar refractivity (Wildman–Crippen MR) is 110 cm³/mol. The molecule has 4 aromatic rings. The van der Waals surface area contributed by atoms with Gasteiger partial charge in [-0.05, 0) is 32.0 Å². The van der Waals surface area contributed by atoms with Crippen molar-refractivity contribution in [3.63, 3.8) is 0 Å². The maximum Gasteiger partial charge on any atom is 0.168 e. The van der Waals surface area contributed by atoms with Crippen molar-refractivity contribution >= 4 is 11.5 Å². The highest BCUT2D eigenvalue weighted by molar-refractivity contribution is 5.67. The molecular weight excluding hydrogens is 407 g/mol. The van der Waals surface area contributed by atoms with E-state index in [1.807, 2.05) is 19.1 Å². The lowest BCUT2D eigenvalue weighted by Gasteiger charge is -2.28. The summed E-state index contributed by atoms with van der Waals surface area (Å²) < 4.78 is 44.8. The van der Waals surface area contributed by atoms with Gasteiger partial charge >= 0.3 is 0 Å². The largest absolute Gasteiger partial charge is 0.361 e. The fraction of sp³-hybridized carbons (Fsp3) is 0.286. The van der Waals surface area contributed by atoms with Gasteiger partial charge < -0.3 is 15.6 Å². The number of hydrogen-bond donors (Lipinski definition) is 3. The van der Waals surface area contributed by atoms with Crippen LogP contribution in [0.2, 0.25) is 0 Å². The summed E-state index contributed by atoms with van der Waals surface area (Å²) >= 11 is 0. The van der Waals surface area contributed by atoms with E-state index >= 15 is 0 Å². The maximum atomic E-state index is 14.7. The van der Waals surface area contributed by atoms with Gasteiger partial charge in [0.05, 0.1) is 17.9 Å². The average Bonchev–Trinajstić information content (AvgIpc) is 3.37. The first-order valence-corrected chi connectivity index (χ1v) is 9.96. The summed E-state index contributed by atoms with van der Waals surface area (Å²) in [6, 6.07) is 3.74. The number of aryl methyl sites for hydroxylation is 1. The molecule has 0 radical (unpaired) electrons. The first-order chi connectivity index (χ1) is 15.0. The third-order valence-corrected chi connectivity index (χ3v) is 5.38. The molecule has 3 N–H and O–H groups in total. The molecule has 160 valence electrons. The second-order valence-corrected chi connectivity index (χ2v) is 7.61. The summed E-state index contributed by atoms with van der Waals surface area (Å²) in [4.78, 5) is 15.9. The van der Waals surface area contributed by atoms with E-state index in [4.69, 9.17) is 0 Å². The van der Waals surface area contributed by atoms with E-state index in [0.29, 0.717) is 36.7 Å². The number of piperidine rings is 1. The van der Waals surface area contributed by atoms with Crippen LogP contribution < -0.4 is 10.6 Å². The molecule has 0 aliphatic carbocycles. The summed E-state index contributed by atoms with van der Waals surface area (Å²) in [6.07, 6.45) is 4.10. The highest BCUT2D eigenvalue weighted by Gasteiger charge is 2.26. The molecule has 5 heterocycles. The second-order valence-electron chi connectivity index (χ2n) is 7.61. The van der Waals surface area contributed by atoms with Gasteiger partial charge in [-0.3, -0.25) is 4.40 Å². The molecule has 1 fully saturated rings. The second kappa shape index (κ2) is 7.69. The Morgan fingerprint density at radius 2 is 2.03 bits per heavy atom. The van der Waals surface area contributed by atoms with Crippen LogP contribution in [-0.2, 0) is 0 Å². The number of fused-ring (bicyclic) bond motifs is 1. The first kappa shape index (κ1) is 19.6. The Hall–Kier alpha value is -3.40. The molecular formula is C21H20F3N7. The molecule has 2 atom stereocenters. The van der Waals surface area contributed by atoms with Crippen molar-refractivity contribution in [2.24, 2.45) is 0 Å². The number of pyridine rings is 2. The number of rotatable bonds is 4. The lowest BCUT2D eigenvalue weighted by atomic mass is 10.1. The SMILES string of the molecule is Cc1cnc(-c2ccn3c(-c4nc(N[C@H]5CNCC[C@@H]5F)c(F)cc4F)cnc3c2)[nH]1. The minimum Gasteiger partial charge on any atom is -0.361 e. The van der Waals surface area contributed by atoms with Gasteiger partial charge in [0.25, 0.3) is 0 Å². The normalized spacial score (nSPS) is 19.1. The van der Waals surface area contributed by atoms with Crippen LogP contribution in [0.5, 0.6) is 0 Å². The third-order valence-electron chi connectivity index (χ3n) is 5.38. The van der Waals surface area contributed by atoms with Crippen LogP contribution in [0.15, 0.2) is 36.8 Å². The lowest BCUT2D eigenvalue weighted by Crippen LogP contribution is -2.46. The molecule has 5 rings (SSSR count). The van der Waals surface area contributed by atoms with Crippen molar-refractivity contribution in [1.82, 2.24) is 29.7 Å². The topological polar surface area (TPSA) is 82.9 Å². The van der Waals surface area contributed by atoms with Gasteiger partial charge in [-0.2, -0.15) is 0 Å². The van der Waals surface area contributed by atoms with Gasteiger partial charge in [0.15, 0.2) is 17.5 Å². The Bertz CT molecular complexity index is 1250. The van der Waals surface area contributed by atoms with Crippen molar-refractivity contribution in [2.45, 2.75) is 25.6 Å². The summed E-state index contributed by atoms with van der Waals surface area (Å²) in [6.45, 7) is 2.80. The van der Waals surface area contributed by atoms with Crippen molar-refractivity contribution in [1.29, 1.82) is 0 Å². The van der Waals surface area contributed by atoms with E-state index < -0.39 is 23.8 Å². The van der Waals surface area contributed by atoms with Crippen molar-refractivity contribution in [2.75, 3.05) is 18.4 Å². The van der Waals surface area contributed by atoms with Crippen LogP contribution in [0.4, 0.5) is 19.0 Å².